The van der Waals surface area contributed by atoms with E-state index in [1.165, 1.54) is 6.26 Å². The van der Waals surface area contributed by atoms with E-state index in [0.29, 0.717) is 12.0 Å². The number of nitrogens with one attached hydrogen (secondary N) is 2. The Balaban J connectivity index is 2.86. The Morgan fingerprint density at radius 3 is 2.81 bits per heavy atom. The number of nitrogens with two attached hydrogens (primary N) is 1. The van der Waals surface area contributed by atoms with Gasteiger partial charge in [-0.05, 0) is 12.3 Å². The summed E-state index contributed by atoms with van der Waals surface area (Å²) in [5, 5.41) is 8.80. The molecule has 0 aliphatic rings. The molecule has 1 aromatic rings. The molecule has 0 fully saturated rings. The average Bonchev–Trinajstić information content (AvgIpc) is 2.46. The second-order valence-corrected chi connectivity index (χ2v) is 3.87. The summed E-state index contributed by atoms with van der Waals surface area (Å²) in [5.41, 5.74) is 5.31. The number of carbonyl (C=O) groups is 1. The van der Waals surface area contributed by atoms with E-state index in [0.717, 1.165) is 0 Å². The normalized spacial score (nSPS) is 10.5. The predicted octanol–water partition coefficient (Wildman–Crippen LogP) is 1.24. The molecule has 0 saturated heterocycles. The maximum Gasteiger partial charge on any atom is 0.296 e. The van der Waals surface area contributed by atoms with Crippen LogP contribution in [0.15, 0.2) is 10.7 Å². The highest BCUT2D eigenvalue weighted by atomic mass is 19.1. The Morgan fingerprint density at radius 2 is 2.31 bits per heavy atom. The van der Waals surface area contributed by atoms with Gasteiger partial charge in [0.1, 0.15) is 0 Å². The van der Waals surface area contributed by atoms with Crippen LogP contribution in [0, 0.1) is 17.1 Å². The lowest BCUT2D eigenvalue weighted by molar-refractivity contribution is 0.0943. The lowest BCUT2D eigenvalue weighted by atomic mass is 10.1. The van der Waals surface area contributed by atoms with Crippen LogP contribution in [-0.4, -0.2) is 11.9 Å². The highest BCUT2D eigenvalue weighted by Gasteiger charge is 2.21. The number of amides is 1. The van der Waals surface area contributed by atoms with Crippen molar-refractivity contribution in [1.29, 1.82) is 5.41 Å². The van der Waals surface area contributed by atoms with Crippen LogP contribution in [0.25, 0.3) is 0 Å². The predicted molar refractivity (Wildman–Crippen MR) is 56.6 cm³/mol. The first-order chi connectivity index (χ1) is 7.41. The third-order valence-corrected chi connectivity index (χ3v) is 1.88. The van der Waals surface area contributed by atoms with Crippen molar-refractivity contribution in [3.8, 4) is 0 Å². The van der Waals surface area contributed by atoms with Gasteiger partial charge in [-0.25, -0.2) is 4.39 Å². The molecule has 0 atom stereocenters. The maximum atomic E-state index is 13.6. The van der Waals surface area contributed by atoms with Crippen LogP contribution in [0.1, 0.15) is 30.0 Å². The first-order valence-electron chi connectivity index (χ1n) is 4.83. The molecule has 0 bridgehead atoms. The van der Waals surface area contributed by atoms with Crippen molar-refractivity contribution in [3.05, 3.63) is 23.4 Å². The summed E-state index contributed by atoms with van der Waals surface area (Å²) >= 11 is 0. The van der Waals surface area contributed by atoms with E-state index in [1.54, 1.807) is 0 Å². The Bertz CT molecular complexity index is 412. The second-order valence-electron chi connectivity index (χ2n) is 3.87. The van der Waals surface area contributed by atoms with Gasteiger partial charge < -0.3 is 10.2 Å². The number of furan rings is 1. The summed E-state index contributed by atoms with van der Waals surface area (Å²) < 4.78 is 18.4. The number of hydrogen-bond donors (Lipinski definition) is 3. The van der Waals surface area contributed by atoms with E-state index >= 15 is 0 Å². The lowest BCUT2D eigenvalue weighted by Gasteiger charge is -2.01. The minimum absolute atomic E-state index is 0.260. The number of carbonyl (C=O) groups excluding carboxylic acids is 1. The first-order valence-corrected chi connectivity index (χ1v) is 4.83. The fourth-order valence-corrected chi connectivity index (χ4v) is 1.29. The molecule has 1 heterocycles. The monoisotopic (exact) mass is 227 g/mol. The van der Waals surface area contributed by atoms with E-state index in [-0.39, 0.29) is 5.92 Å². The Morgan fingerprint density at radius 1 is 1.69 bits per heavy atom. The molecule has 0 saturated carbocycles. The molecule has 88 valence electrons. The molecule has 1 aromatic heterocycles. The van der Waals surface area contributed by atoms with Crippen molar-refractivity contribution in [3.63, 3.8) is 0 Å². The molecular weight excluding hydrogens is 213 g/mol. The third-order valence-electron chi connectivity index (χ3n) is 1.88. The lowest BCUT2D eigenvalue weighted by Crippen LogP contribution is -2.35. The highest BCUT2D eigenvalue weighted by Crippen LogP contribution is 2.18. The molecule has 0 aromatic carbocycles. The Kier molecular flexibility index (Phi) is 3.65. The van der Waals surface area contributed by atoms with Gasteiger partial charge in [-0.1, -0.05) is 13.8 Å². The van der Waals surface area contributed by atoms with Crippen molar-refractivity contribution < 1.29 is 13.6 Å². The molecule has 0 aliphatic heterocycles. The molecule has 1 amide bonds. The van der Waals surface area contributed by atoms with Gasteiger partial charge >= 0.3 is 0 Å². The zero-order valence-corrected chi connectivity index (χ0v) is 9.13. The quantitative estimate of drug-likeness (QED) is 0.535. The van der Waals surface area contributed by atoms with Gasteiger partial charge in [0.15, 0.2) is 11.8 Å². The molecule has 5 nitrogen and oxygen atoms in total. The van der Waals surface area contributed by atoms with Gasteiger partial charge in [-0.2, -0.15) is 0 Å². The summed E-state index contributed by atoms with van der Waals surface area (Å²) in [4.78, 5) is 11.3. The number of guanidine groups is 1. The van der Waals surface area contributed by atoms with Gasteiger partial charge in [0, 0.05) is 5.56 Å². The fourth-order valence-electron chi connectivity index (χ4n) is 1.29. The van der Waals surface area contributed by atoms with Gasteiger partial charge in [0.25, 0.3) is 5.91 Å². The zero-order chi connectivity index (χ0) is 12.3. The van der Waals surface area contributed by atoms with E-state index in [4.69, 9.17) is 15.6 Å². The van der Waals surface area contributed by atoms with Crippen molar-refractivity contribution in [2.24, 2.45) is 11.7 Å². The molecule has 0 unspecified atom stereocenters. The topological polar surface area (TPSA) is 92.1 Å². The van der Waals surface area contributed by atoms with Gasteiger partial charge in [-0.15, -0.1) is 0 Å². The molecule has 4 N–H and O–H groups in total. The molecule has 1 rings (SSSR count). The van der Waals surface area contributed by atoms with Gasteiger partial charge in [0.05, 0.1) is 6.26 Å². The zero-order valence-electron chi connectivity index (χ0n) is 9.13. The molecule has 0 aliphatic carbocycles. The highest BCUT2D eigenvalue weighted by molar-refractivity contribution is 6.02. The van der Waals surface area contributed by atoms with Gasteiger partial charge in [-0.3, -0.25) is 15.5 Å². The van der Waals surface area contributed by atoms with Crippen molar-refractivity contribution >= 4 is 11.9 Å². The molecule has 0 radical (unpaired) electrons. The summed E-state index contributed by atoms with van der Waals surface area (Å²) in [6.45, 7) is 3.86. The van der Waals surface area contributed by atoms with Crippen LogP contribution in [-0.2, 0) is 6.42 Å². The van der Waals surface area contributed by atoms with E-state index in [1.807, 2.05) is 19.2 Å². The van der Waals surface area contributed by atoms with Crippen LogP contribution in [0.2, 0.25) is 0 Å². The maximum absolute atomic E-state index is 13.6. The SMILES string of the molecule is CC(C)Cc1coc(C(=O)NC(=N)N)c1F. The summed E-state index contributed by atoms with van der Waals surface area (Å²) in [7, 11) is 0. The number of hydrogen-bond acceptors (Lipinski definition) is 3. The minimum atomic E-state index is -0.847. The van der Waals surface area contributed by atoms with E-state index in [9.17, 15) is 9.18 Å². The van der Waals surface area contributed by atoms with Crippen LogP contribution < -0.4 is 11.1 Å². The molecule has 6 heteroatoms. The first kappa shape index (κ1) is 12.2. The van der Waals surface area contributed by atoms with E-state index < -0.39 is 23.4 Å². The summed E-state index contributed by atoms with van der Waals surface area (Å²) in [5.74, 6) is -2.26. The minimum Gasteiger partial charge on any atom is -0.456 e. The van der Waals surface area contributed by atoms with Crippen LogP contribution in [0.4, 0.5) is 4.39 Å². The summed E-state index contributed by atoms with van der Waals surface area (Å²) in [6, 6.07) is 0. The standard InChI is InChI=1S/C10H14FN3O2/c1-5(2)3-6-4-16-8(7(6)11)9(15)14-10(12)13/h4-5H,3H2,1-2H3,(H4,12,13,14,15). The second kappa shape index (κ2) is 4.78. The molecule has 16 heavy (non-hydrogen) atoms. The van der Waals surface area contributed by atoms with Crippen molar-refractivity contribution in [2.75, 3.05) is 0 Å². The van der Waals surface area contributed by atoms with Gasteiger partial charge in [0.2, 0.25) is 5.76 Å². The smallest absolute Gasteiger partial charge is 0.296 e. The Labute approximate surface area is 92.3 Å². The molecule has 0 spiro atoms. The molecular formula is C10H14FN3O2. The van der Waals surface area contributed by atoms with Crippen molar-refractivity contribution in [1.82, 2.24) is 5.32 Å². The van der Waals surface area contributed by atoms with Crippen LogP contribution >= 0.6 is 0 Å². The number of halogens is 1. The van der Waals surface area contributed by atoms with Crippen molar-refractivity contribution in [2.45, 2.75) is 20.3 Å². The Hall–Kier alpha value is -1.85. The van der Waals surface area contributed by atoms with E-state index in [2.05, 4.69) is 0 Å². The van der Waals surface area contributed by atoms with Crippen LogP contribution in [0.3, 0.4) is 0 Å². The van der Waals surface area contributed by atoms with Crippen LogP contribution in [0.5, 0.6) is 0 Å². The largest absolute Gasteiger partial charge is 0.456 e. The number of rotatable bonds is 3. The fraction of sp³-hybridized carbons (Fsp3) is 0.400. The average molecular weight is 227 g/mol. The third kappa shape index (κ3) is 2.82. The summed E-state index contributed by atoms with van der Waals surface area (Å²) in [6.07, 6.45) is 1.70.